The number of alkyl halides is 3. The average Bonchev–Trinajstić information content (AvgIpc) is 3.19. The van der Waals surface area contributed by atoms with E-state index in [1.807, 2.05) is 31.2 Å². The molecule has 1 aliphatic rings. The van der Waals surface area contributed by atoms with Crippen LogP contribution in [0.15, 0.2) is 59.1 Å². The van der Waals surface area contributed by atoms with Gasteiger partial charge in [-0.3, -0.25) is 25.8 Å². The SMILES string of the molecule is CN=CC(NC(=O)C(=N)CN(N)CCNC(=O)C1=C(C)c2ccccc2C1)c1ccc(C(F)(F)F)cc1. The van der Waals surface area contributed by atoms with Crippen molar-refractivity contribution >= 4 is 29.3 Å². The molecule has 2 aromatic rings. The monoisotopic (exact) mass is 514 g/mol. The van der Waals surface area contributed by atoms with Gasteiger partial charge in [-0.2, -0.15) is 13.2 Å². The summed E-state index contributed by atoms with van der Waals surface area (Å²) in [5.41, 5.74) is 3.03. The second kappa shape index (κ2) is 11.9. The minimum atomic E-state index is -4.47. The van der Waals surface area contributed by atoms with Crippen LogP contribution in [0.1, 0.15) is 35.2 Å². The third-order valence-corrected chi connectivity index (χ3v) is 6.02. The Morgan fingerprint density at radius 1 is 1.19 bits per heavy atom. The van der Waals surface area contributed by atoms with Gasteiger partial charge in [0.1, 0.15) is 5.71 Å². The molecule has 0 aromatic heterocycles. The van der Waals surface area contributed by atoms with E-state index in [0.29, 0.717) is 17.6 Å². The molecule has 0 spiro atoms. The van der Waals surface area contributed by atoms with Gasteiger partial charge in [0.05, 0.1) is 18.2 Å². The van der Waals surface area contributed by atoms with Crippen LogP contribution in [-0.4, -0.2) is 55.4 Å². The topological polar surface area (TPSA) is 124 Å². The Balaban J connectivity index is 1.48. The van der Waals surface area contributed by atoms with E-state index in [2.05, 4.69) is 15.6 Å². The average molecular weight is 515 g/mol. The Morgan fingerprint density at radius 3 is 2.49 bits per heavy atom. The molecule has 11 heteroatoms. The fourth-order valence-corrected chi connectivity index (χ4v) is 4.01. The molecule has 0 saturated carbocycles. The molecular weight excluding hydrogens is 485 g/mol. The quantitative estimate of drug-likeness (QED) is 0.221. The summed E-state index contributed by atoms with van der Waals surface area (Å²) >= 11 is 0. The predicted octanol–water partition coefficient (Wildman–Crippen LogP) is 2.90. The second-order valence-corrected chi connectivity index (χ2v) is 8.62. The lowest BCUT2D eigenvalue weighted by Crippen LogP contribution is -2.46. The van der Waals surface area contributed by atoms with Crippen LogP contribution in [-0.2, 0) is 22.2 Å². The van der Waals surface area contributed by atoms with Gasteiger partial charge in [-0.15, -0.1) is 0 Å². The Morgan fingerprint density at radius 2 is 1.86 bits per heavy atom. The Hall–Kier alpha value is -3.83. The summed E-state index contributed by atoms with van der Waals surface area (Å²) in [4.78, 5) is 29.0. The van der Waals surface area contributed by atoms with Gasteiger partial charge in [0, 0.05) is 38.3 Å². The van der Waals surface area contributed by atoms with Crippen molar-refractivity contribution in [1.29, 1.82) is 5.41 Å². The minimum Gasteiger partial charge on any atom is -0.351 e. The zero-order valence-electron chi connectivity index (χ0n) is 20.5. The molecule has 1 atom stereocenters. The van der Waals surface area contributed by atoms with Crippen LogP contribution in [0.25, 0.3) is 5.57 Å². The smallest absolute Gasteiger partial charge is 0.351 e. The van der Waals surface area contributed by atoms with Gasteiger partial charge in [-0.1, -0.05) is 36.4 Å². The molecule has 0 radical (unpaired) electrons. The molecule has 37 heavy (non-hydrogen) atoms. The number of hydrogen-bond donors (Lipinski definition) is 4. The van der Waals surface area contributed by atoms with E-state index in [1.165, 1.54) is 30.4 Å². The lowest BCUT2D eigenvalue weighted by Gasteiger charge is -2.19. The maximum Gasteiger partial charge on any atom is 0.416 e. The number of nitrogens with zero attached hydrogens (tertiary/aromatic N) is 2. The molecule has 2 aromatic carbocycles. The van der Waals surface area contributed by atoms with Crippen molar-refractivity contribution in [3.63, 3.8) is 0 Å². The van der Waals surface area contributed by atoms with Crippen LogP contribution in [0.5, 0.6) is 0 Å². The Kier molecular flexibility index (Phi) is 8.95. The summed E-state index contributed by atoms with van der Waals surface area (Å²) in [5.74, 6) is 4.99. The normalized spacial score (nSPS) is 14.1. The molecule has 3 rings (SSSR count). The highest BCUT2D eigenvalue weighted by atomic mass is 19.4. The summed E-state index contributed by atoms with van der Waals surface area (Å²) in [7, 11) is 1.46. The van der Waals surface area contributed by atoms with Crippen LogP contribution in [0.2, 0.25) is 0 Å². The molecule has 1 aliphatic carbocycles. The minimum absolute atomic E-state index is 0.187. The van der Waals surface area contributed by atoms with Gasteiger partial charge in [0.2, 0.25) is 5.91 Å². The van der Waals surface area contributed by atoms with E-state index in [-0.39, 0.29) is 31.3 Å². The van der Waals surface area contributed by atoms with E-state index < -0.39 is 23.7 Å². The first-order valence-electron chi connectivity index (χ1n) is 11.5. The van der Waals surface area contributed by atoms with E-state index >= 15 is 0 Å². The number of amides is 2. The summed E-state index contributed by atoms with van der Waals surface area (Å²) in [6.45, 7) is 2.13. The van der Waals surface area contributed by atoms with Crippen LogP contribution in [0.4, 0.5) is 13.2 Å². The van der Waals surface area contributed by atoms with Crippen LogP contribution in [0, 0.1) is 5.41 Å². The molecule has 196 valence electrons. The zero-order chi connectivity index (χ0) is 27.2. The number of fused-ring (bicyclic) bond motifs is 1. The summed E-state index contributed by atoms with van der Waals surface area (Å²) in [5, 5.41) is 14.7. The van der Waals surface area contributed by atoms with Crippen LogP contribution in [0.3, 0.4) is 0 Å². The van der Waals surface area contributed by atoms with Crippen molar-refractivity contribution in [2.24, 2.45) is 10.8 Å². The predicted molar refractivity (Wildman–Crippen MR) is 136 cm³/mol. The first kappa shape index (κ1) is 27.8. The molecule has 0 saturated heterocycles. The number of benzene rings is 2. The Bertz CT molecular complexity index is 1220. The van der Waals surface area contributed by atoms with Gasteiger partial charge in [-0.05, 0) is 41.3 Å². The van der Waals surface area contributed by atoms with Crippen molar-refractivity contribution < 1.29 is 22.8 Å². The van der Waals surface area contributed by atoms with E-state index in [0.717, 1.165) is 28.8 Å². The van der Waals surface area contributed by atoms with Crippen molar-refractivity contribution in [2.45, 2.75) is 25.6 Å². The molecule has 0 heterocycles. The number of carbonyl (C=O) groups is 2. The highest BCUT2D eigenvalue weighted by Crippen LogP contribution is 2.32. The van der Waals surface area contributed by atoms with Crippen molar-refractivity contribution in [2.75, 3.05) is 26.7 Å². The largest absolute Gasteiger partial charge is 0.416 e. The Labute approximate surface area is 212 Å². The maximum atomic E-state index is 12.8. The number of aliphatic imine (C=N–C) groups is 1. The lowest BCUT2D eigenvalue weighted by atomic mass is 10.0. The van der Waals surface area contributed by atoms with Crippen molar-refractivity contribution in [3.05, 3.63) is 76.4 Å². The lowest BCUT2D eigenvalue weighted by molar-refractivity contribution is -0.137. The molecule has 8 nitrogen and oxygen atoms in total. The van der Waals surface area contributed by atoms with Crippen LogP contribution >= 0.6 is 0 Å². The first-order chi connectivity index (χ1) is 17.5. The number of carbonyl (C=O) groups excluding carboxylic acids is 2. The number of nitrogens with two attached hydrogens (primary N) is 1. The fraction of sp³-hybridized carbons (Fsp3) is 0.308. The number of hydrazine groups is 1. The number of allylic oxidation sites excluding steroid dienone is 1. The first-order valence-corrected chi connectivity index (χ1v) is 11.5. The van der Waals surface area contributed by atoms with E-state index in [1.54, 1.807) is 0 Å². The fourth-order valence-electron chi connectivity index (χ4n) is 4.01. The number of hydrogen-bond acceptors (Lipinski definition) is 6. The van der Waals surface area contributed by atoms with E-state index in [4.69, 9.17) is 11.3 Å². The van der Waals surface area contributed by atoms with Gasteiger partial charge < -0.3 is 10.6 Å². The second-order valence-electron chi connectivity index (χ2n) is 8.62. The molecule has 1 unspecified atom stereocenters. The van der Waals surface area contributed by atoms with Gasteiger partial charge >= 0.3 is 6.18 Å². The number of nitrogens with one attached hydrogen (secondary N) is 3. The molecule has 2 amide bonds. The zero-order valence-corrected chi connectivity index (χ0v) is 20.5. The molecule has 0 bridgehead atoms. The molecular formula is C26H29F3N6O2. The third kappa shape index (κ3) is 7.11. The maximum absolute atomic E-state index is 12.8. The summed E-state index contributed by atoms with van der Waals surface area (Å²) in [6.07, 6.45) is -2.55. The molecule has 0 fully saturated rings. The van der Waals surface area contributed by atoms with Gasteiger partial charge in [-0.25, -0.2) is 5.01 Å². The summed E-state index contributed by atoms with van der Waals surface area (Å²) in [6, 6.07) is 11.4. The molecule has 0 aliphatic heterocycles. The third-order valence-electron chi connectivity index (χ3n) is 6.02. The van der Waals surface area contributed by atoms with Gasteiger partial charge in [0.25, 0.3) is 5.91 Å². The molecule has 5 N–H and O–H groups in total. The highest BCUT2D eigenvalue weighted by molar-refractivity contribution is 6.38. The van der Waals surface area contributed by atoms with Crippen molar-refractivity contribution in [3.8, 4) is 0 Å². The van der Waals surface area contributed by atoms with Crippen LogP contribution < -0.4 is 16.5 Å². The number of halogens is 3. The highest BCUT2D eigenvalue weighted by Gasteiger charge is 2.30. The number of rotatable bonds is 10. The summed E-state index contributed by atoms with van der Waals surface area (Å²) < 4.78 is 38.5. The van der Waals surface area contributed by atoms with Crippen molar-refractivity contribution in [1.82, 2.24) is 15.6 Å². The van der Waals surface area contributed by atoms with Gasteiger partial charge in [0.15, 0.2) is 0 Å². The van der Waals surface area contributed by atoms with E-state index in [9.17, 15) is 22.8 Å². The standard InChI is InChI=1S/C26H29F3N6O2/c1-16-20-6-4-3-5-18(20)13-21(16)24(36)33-11-12-35(31)15-22(30)25(37)34-23(14-32-2)17-7-9-19(10-8-17)26(27,28)29/h3-10,14,23,30H,11-13,15,31H2,1-2H3,(H,33,36)(H,34,37).